The van der Waals surface area contributed by atoms with Crippen LogP contribution in [0.3, 0.4) is 0 Å². The lowest BCUT2D eigenvalue weighted by atomic mass is 10.1. The van der Waals surface area contributed by atoms with Gasteiger partial charge in [-0.3, -0.25) is 4.79 Å². The highest BCUT2D eigenvalue weighted by Gasteiger charge is 2.22. The Balaban J connectivity index is 1.99. The van der Waals surface area contributed by atoms with Crippen molar-refractivity contribution in [1.29, 1.82) is 0 Å². The van der Waals surface area contributed by atoms with Gasteiger partial charge in [-0.1, -0.05) is 17.7 Å². The van der Waals surface area contributed by atoms with Crippen LogP contribution in [-0.4, -0.2) is 31.7 Å². The Morgan fingerprint density at radius 2 is 2.29 bits per heavy atom. The van der Waals surface area contributed by atoms with E-state index in [0.29, 0.717) is 18.8 Å². The highest BCUT2D eigenvalue weighted by Crippen LogP contribution is 2.16. The van der Waals surface area contributed by atoms with Gasteiger partial charge in [0.15, 0.2) is 5.78 Å². The quantitative estimate of drug-likeness (QED) is 0.832. The van der Waals surface area contributed by atoms with Crippen molar-refractivity contribution in [3.8, 4) is 0 Å². The van der Waals surface area contributed by atoms with Gasteiger partial charge in [-0.05, 0) is 17.7 Å². The van der Waals surface area contributed by atoms with Gasteiger partial charge in [-0.2, -0.15) is 0 Å². The number of carbonyl (C=O) groups is 1. The molecular weight excluding hydrogens is 247 g/mol. The molecular formula is C12H12ClFO3. The number of halogens is 2. The lowest BCUT2D eigenvalue weighted by Gasteiger charge is -2.21. The van der Waals surface area contributed by atoms with E-state index in [1.807, 2.05) is 0 Å². The Morgan fingerprint density at radius 3 is 2.94 bits per heavy atom. The van der Waals surface area contributed by atoms with Crippen molar-refractivity contribution in [2.75, 3.05) is 19.8 Å². The van der Waals surface area contributed by atoms with Gasteiger partial charge in [0.05, 0.1) is 24.8 Å². The van der Waals surface area contributed by atoms with Crippen molar-refractivity contribution in [1.82, 2.24) is 0 Å². The molecule has 92 valence electrons. The van der Waals surface area contributed by atoms with Crippen LogP contribution in [0.25, 0.3) is 0 Å². The van der Waals surface area contributed by atoms with E-state index in [-0.39, 0.29) is 23.8 Å². The van der Waals surface area contributed by atoms with Gasteiger partial charge in [0.2, 0.25) is 0 Å². The van der Waals surface area contributed by atoms with Gasteiger partial charge < -0.3 is 9.47 Å². The molecule has 1 aromatic rings. The smallest absolute Gasteiger partial charge is 0.168 e. The van der Waals surface area contributed by atoms with E-state index in [9.17, 15) is 9.18 Å². The molecule has 1 unspecified atom stereocenters. The molecule has 1 heterocycles. The summed E-state index contributed by atoms with van der Waals surface area (Å²) in [6.07, 6.45) is -0.412. The molecule has 0 amide bonds. The molecule has 17 heavy (non-hydrogen) atoms. The van der Waals surface area contributed by atoms with E-state index < -0.39 is 11.9 Å². The highest BCUT2D eigenvalue weighted by molar-refractivity contribution is 6.30. The van der Waals surface area contributed by atoms with Crippen LogP contribution in [-0.2, 0) is 20.7 Å². The van der Waals surface area contributed by atoms with E-state index in [1.54, 1.807) is 6.07 Å². The summed E-state index contributed by atoms with van der Waals surface area (Å²) in [5.74, 6) is -0.621. The largest absolute Gasteiger partial charge is 0.376 e. The summed E-state index contributed by atoms with van der Waals surface area (Å²) in [6.45, 7) is 1.21. The fourth-order valence-electron chi connectivity index (χ4n) is 1.64. The number of hydrogen-bond donors (Lipinski definition) is 0. The normalized spacial score (nSPS) is 20.2. The molecule has 0 N–H and O–H groups in total. The molecule has 0 aliphatic carbocycles. The minimum atomic E-state index is -0.539. The molecule has 1 atom stereocenters. The fourth-order valence-corrected chi connectivity index (χ4v) is 1.76. The van der Waals surface area contributed by atoms with Crippen molar-refractivity contribution >= 4 is 17.4 Å². The third-order valence-corrected chi connectivity index (χ3v) is 2.84. The highest BCUT2D eigenvalue weighted by atomic mass is 35.5. The van der Waals surface area contributed by atoms with E-state index in [4.69, 9.17) is 21.1 Å². The predicted octanol–water partition coefficient (Wildman–Crippen LogP) is 2.01. The first kappa shape index (κ1) is 12.5. The number of benzene rings is 1. The molecule has 1 saturated heterocycles. The fraction of sp³-hybridized carbons (Fsp3) is 0.417. The van der Waals surface area contributed by atoms with Gasteiger partial charge >= 0.3 is 0 Å². The third-order valence-electron chi connectivity index (χ3n) is 2.54. The van der Waals surface area contributed by atoms with E-state index in [0.717, 1.165) is 0 Å². The number of hydrogen-bond acceptors (Lipinski definition) is 3. The summed E-state index contributed by atoms with van der Waals surface area (Å²) in [7, 11) is 0. The maximum atomic E-state index is 13.2. The van der Waals surface area contributed by atoms with Gasteiger partial charge in [-0.15, -0.1) is 0 Å². The second-order valence-corrected chi connectivity index (χ2v) is 4.23. The standard InChI is InChI=1S/C12H12ClFO3/c13-9-2-1-8(5-10(9)14)6-11(15)12-7-16-3-4-17-12/h1-2,5,12H,3-4,6-7H2. The van der Waals surface area contributed by atoms with Crippen LogP contribution < -0.4 is 0 Å². The Morgan fingerprint density at radius 1 is 1.47 bits per heavy atom. The van der Waals surface area contributed by atoms with Crippen LogP contribution in [0.4, 0.5) is 4.39 Å². The topological polar surface area (TPSA) is 35.5 Å². The average Bonchev–Trinajstić information content (AvgIpc) is 2.35. The van der Waals surface area contributed by atoms with Crippen molar-refractivity contribution in [3.63, 3.8) is 0 Å². The summed E-state index contributed by atoms with van der Waals surface area (Å²) in [5.41, 5.74) is 0.589. The number of ether oxygens (including phenoxy) is 2. The van der Waals surface area contributed by atoms with Gasteiger partial charge in [0, 0.05) is 6.42 Å². The zero-order chi connectivity index (χ0) is 12.3. The van der Waals surface area contributed by atoms with Crippen molar-refractivity contribution in [2.45, 2.75) is 12.5 Å². The number of Topliss-reactive ketones (excluding diaryl/α,β-unsaturated/α-hetero) is 1. The summed E-state index contributed by atoms with van der Waals surface area (Å²) in [5, 5.41) is 0.0541. The summed E-state index contributed by atoms with van der Waals surface area (Å²) in [4.78, 5) is 11.8. The Labute approximate surface area is 103 Å². The van der Waals surface area contributed by atoms with Crippen molar-refractivity contribution in [3.05, 3.63) is 34.6 Å². The molecule has 1 aromatic carbocycles. The predicted molar refractivity (Wildman–Crippen MR) is 60.7 cm³/mol. The zero-order valence-corrected chi connectivity index (χ0v) is 9.87. The minimum absolute atomic E-state index is 0.0541. The summed E-state index contributed by atoms with van der Waals surface area (Å²) in [6, 6.07) is 4.34. The van der Waals surface area contributed by atoms with Crippen molar-refractivity contribution in [2.24, 2.45) is 0 Å². The number of carbonyl (C=O) groups excluding carboxylic acids is 1. The van der Waals surface area contributed by atoms with Gasteiger partial charge in [0.1, 0.15) is 11.9 Å². The molecule has 1 aliphatic rings. The first-order chi connectivity index (χ1) is 8.16. The molecule has 5 heteroatoms. The molecule has 0 spiro atoms. The number of ketones is 1. The number of rotatable bonds is 3. The minimum Gasteiger partial charge on any atom is -0.376 e. The molecule has 1 aliphatic heterocycles. The molecule has 0 aromatic heterocycles. The summed E-state index contributed by atoms with van der Waals surface area (Å²) >= 11 is 5.56. The maximum Gasteiger partial charge on any atom is 0.168 e. The van der Waals surface area contributed by atoms with Crippen LogP contribution in [0, 0.1) is 5.82 Å². The van der Waals surface area contributed by atoms with E-state index >= 15 is 0 Å². The third kappa shape index (κ3) is 3.25. The van der Waals surface area contributed by atoms with Crippen LogP contribution in [0.15, 0.2) is 18.2 Å². The molecule has 0 bridgehead atoms. The van der Waals surface area contributed by atoms with Crippen LogP contribution in [0.2, 0.25) is 5.02 Å². The van der Waals surface area contributed by atoms with Crippen molar-refractivity contribution < 1.29 is 18.7 Å². The van der Waals surface area contributed by atoms with Crippen LogP contribution >= 0.6 is 11.6 Å². The zero-order valence-electron chi connectivity index (χ0n) is 9.12. The molecule has 1 fully saturated rings. The monoisotopic (exact) mass is 258 g/mol. The Hall–Kier alpha value is -0.970. The first-order valence-corrected chi connectivity index (χ1v) is 5.70. The maximum absolute atomic E-state index is 13.2. The Kier molecular flexibility index (Phi) is 4.10. The lowest BCUT2D eigenvalue weighted by molar-refractivity contribution is -0.144. The molecule has 2 rings (SSSR count). The molecule has 3 nitrogen and oxygen atoms in total. The second-order valence-electron chi connectivity index (χ2n) is 3.83. The summed E-state index contributed by atoms with van der Waals surface area (Å²) < 4.78 is 23.6. The Bertz CT molecular complexity index is 416. The first-order valence-electron chi connectivity index (χ1n) is 5.33. The molecule has 0 radical (unpaired) electrons. The lowest BCUT2D eigenvalue weighted by Crippen LogP contribution is -2.36. The van der Waals surface area contributed by atoms with Gasteiger partial charge in [-0.25, -0.2) is 4.39 Å². The second kappa shape index (κ2) is 5.58. The van der Waals surface area contributed by atoms with Crippen LogP contribution in [0.5, 0.6) is 0 Å². The average molecular weight is 259 g/mol. The van der Waals surface area contributed by atoms with E-state index in [1.165, 1.54) is 12.1 Å². The SMILES string of the molecule is O=C(Cc1ccc(Cl)c(F)c1)C1COCCO1. The van der Waals surface area contributed by atoms with Gasteiger partial charge in [0.25, 0.3) is 0 Å². The van der Waals surface area contributed by atoms with Crippen LogP contribution in [0.1, 0.15) is 5.56 Å². The molecule has 0 saturated carbocycles. The van der Waals surface area contributed by atoms with E-state index in [2.05, 4.69) is 0 Å².